The van der Waals surface area contributed by atoms with Gasteiger partial charge in [-0.05, 0) is 30.3 Å². The van der Waals surface area contributed by atoms with E-state index in [2.05, 4.69) is 5.32 Å². The maximum atomic E-state index is 14.0. The van der Waals surface area contributed by atoms with Crippen molar-refractivity contribution in [2.75, 3.05) is 5.32 Å². The summed E-state index contributed by atoms with van der Waals surface area (Å²) < 4.78 is 73.4. The molecule has 0 atom stereocenters. The van der Waals surface area contributed by atoms with E-state index in [1.54, 1.807) is 18.2 Å². The van der Waals surface area contributed by atoms with E-state index in [0.29, 0.717) is 11.1 Å². The molecule has 0 saturated carbocycles. The first-order valence-corrected chi connectivity index (χ1v) is 7.83. The largest absolute Gasteiger partial charge is 0.456 e. The summed E-state index contributed by atoms with van der Waals surface area (Å²) in [5.74, 6) is -10.6. The molecule has 1 N–H and O–H groups in total. The molecule has 4 aromatic rings. The number of hydrogen-bond acceptors (Lipinski definition) is 2. The Morgan fingerprint density at radius 3 is 1.93 bits per heavy atom. The van der Waals surface area contributed by atoms with Crippen LogP contribution < -0.4 is 5.32 Å². The van der Waals surface area contributed by atoms with Crippen molar-refractivity contribution < 1.29 is 26.4 Å². The third-order valence-electron chi connectivity index (χ3n) is 4.04. The highest BCUT2D eigenvalue weighted by Gasteiger charge is 2.28. The lowest BCUT2D eigenvalue weighted by Gasteiger charge is -2.06. The van der Waals surface area contributed by atoms with Crippen LogP contribution in [0.25, 0.3) is 22.3 Å². The van der Waals surface area contributed by atoms with Crippen LogP contribution in [0.2, 0.25) is 0 Å². The fraction of sp³-hybridized carbons (Fsp3) is 0. The Kier molecular flexibility index (Phi) is 4.07. The quantitative estimate of drug-likeness (QED) is 0.250. The second kappa shape index (κ2) is 6.42. The topological polar surface area (TPSA) is 25.2 Å². The van der Waals surface area contributed by atoms with E-state index in [9.17, 15) is 22.0 Å². The zero-order valence-corrected chi connectivity index (χ0v) is 13.5. The second-order valence-corrected chi connectivity index (χ2v) is 5.80. The van der Waals surface area contributed by atoms with Crippen LogP contribution in [0.4, 0.5) is 33.3 Å². The van der Waals surface area contributed by atoms with Gasteiger partial charge in [-0.25, -0.2) is 22.0 Å². The average molecular weight is 375 g/mol. The summed E-state index contributed by atoms with van der Waals surface area (Å²) in [5, 5.41) is 3.57. The van der Waals surface area contributed by atoms with Gasteiger partial charge in [0.15, 0.2) is 23.3 Å². The molecule has 136 valence electrons. The van der Waals surface area contributed by atoms with Gasteiger partial charge in [0.25, 0.3) is 0 Å². The van der Waals surface area contributed by atoms with Crippen molar-refractivity contribution in [3.8, 4) is 11.3 Å². The average Bonchev–Trinajstić information content (AvgIpc) is 3.08. The summed E-state index contributed by atoms with van der Waals surface area (Å²) in [6.07, 6.45) is 0. The van der Waals surface area contributed by atoms with Crippen LogP contribution in [0.15, 0.2) is 59.0 Å². The van der Waals surface area contributed by atoms with E-state index in [-0.39, 0.29) is 5.58 Å². The van der Waals surface area contributed by atoms with E-state index in [4.69, 9.17) is 4.42 Å². The first-order chi connectivity index (χ1) is 13.0. The van der Waals surface area contributed by atoms with Crippen LogP contribution in [-0.4, -0.2) is 0 Å². The summed E-state index contributed by atoms with van der Waals surface area (Å²) >= 11 is 0. The molecular formula is C20H10F5NO. The standard InChI is InChI=1S/C20H10F5NO/c21-16-15(17(22)19(24)20(25)18(16)23)14-8-10-6-7-12(9-13(10)27-14)26-11-4-2-1-3-5-11/h1-9,26H. The molecular weight excluding hydrogens is 365 g/mol. The van der Waals surface area contributed by atoms with Gasteiger partial charge in [-0.1, -0.05) is 18.2 Å². The van der Waals surface area contributed by atoms with Crippen molar-refractivity contribution >= 4 is 22.3 Å². The third-order valence-corrected chi connectivity index (χ3v) is 4.04. The maximum absolute atomic E-state index is 14.0. The van der Waals surface area contributed by atoms with E-state index in [0.717, 1.165) is 5.69 Å². The molecule has 1 aromatic heterocycles. The van der Waals surface area contributed by atoms with Gasteiger partial charge in [0.1, 0.15) is 11.3 Å². The van der Waals surface area contributed by atoms with E-state index in [1.807, 2.05) is 30.3 Å². The molecule has 3 aromatic carbocycles. The molecule has 0 saturated heterocycles. The molecule has 27 heavy (non-hydrogen) atoms. The fourth-order valence-electron chi connectivity index (χ4n) is 2.74. The second-order valence-electron chi connectivity index (χ2n) is 5.80. The summed E-state index contributed by atoms with van der Waals surface area (Å²) in [6, 6.07) is 15.3. The van der Waals surface area contributed by atoms with Crippen LogP contribution in [0, 0.1) is 29.1 Å². The monoisotopic (exact) mass is 375 g/mol. The van der Waals surface area contributed by atoms with Crippen molar-refractivity contribution in [2.24, 2.45) is 0 Å². The molecule has 2 nitrogen and oxygen atoms in total. The number of fused-ring (bicyclic) bond motifs is 1. The van der Waals surface area contributed by atoms with Gasteiger partial charge in [-0.2, -0.15) is 0 Å². The van der Waals surface area contributed by atoms with Gasteiger partial charge in [0, 0.05) is 22.8 Å². The number of benzene rings is 3. The van der Waals surface area contributed by atoms with Crippen LogP contribution >= 0.6 is 0 Å². The van der Waals surface area contributed by atoms with Crippen LogP contribution in [0.5, 0.6) is 0 Å². The Bertz CT molecular complexity index is 1130. The van der Waals surface area contributed by atoms with E-state index < -0.39 is 40.4 Å². The minimum Gasteiger partial charge on any atom is -0.456 e. The van der Waals surface area contributed by atoms with E-state index >= 15 is 0 Å². The normalized spacial score (nSPS) is 11.1. The molecule has 7 heteroatoms. The van der Waals surface area contributed by atoms with Crippen molar-refractivity contribution in [3.63, 3.8) is 0 Å². The summed E-state index contributed by atoms with van der Waals surface area (Å²) in [6.45, 7) is 0. The Balaban J connectivity index is 1.79. The molecule has 4 rings (SSSR count). The Labute approximate surface area is 149 Å². The van der Waals surface area contributed by atoms with Crippen LogP contribution in [0.3, 0.4) is 0 Å². The number of nitrogens with one attached hydrogen (secondary N) is 1. The van der Waals surface area contributed by atoms with Crippen molar-refractivity contribution in [3.05, 3.63) is 83.7 Å². The van der Waals surface area contributed by atoms with Gasteiger partial charge >= 0.3 is 0 Å². The summed E-state index contributed by atoms with van der Waals surface area (Å²) in [7, 11) is 0. The van der Waals surface area contributed by atoms with Gasteiger partial charge in [-0.3, -0.25) is 0 Å². The lowest BCUT2D eigenvalue weighted by Crippen LogP contribution is -2.03. The smallest absolute Gasteiger partial charge is 0.200 e. The molecule has 0 amide bonds. The van der Waals surface area contributed by atoms with Gasteiger partial charge in [0.05, 0.1) is 5.56 Å². The fourth-order valence-corrected chi connectivity index (χ4v) is 2.74. The minimum atomic E-state index is -2.21. The number of furan rings is 1. The van der Waals surface area contributed by atoms with Crippen molar-refractivity contribution in [2.45, 2.75) is 0 Å². The molecule has 0 aliphatic rings. The maximum Gasteiger partial charge on any atom is 0.200 e. The molecule has 0 fully saturated rings. The SMILES string of the molecule is Fc1c(F)c(F)c(-c2cc3ccc(Nc4ccccc4)cc3o2)c(F)c1F. The highest BCUT2D eigenvalue weighted by Crippen LogP contribution is 2.35. The predicted molar refractivity (Wildman–Crippen MR) is 91.2 cm³/mol. The number of halogens is 5. The summed E-state index contributed by atoms with van der Waals surface area (Å²) in [4.78, 5) is 0. The van der Waals surface area contributed by atoms with Crippen molar-refractivity contribution in [1.29, 1.82) is 0 Å². The molecule has 0 unspecified atom stereocenters. The van der Waals surface area contributed by atoms with Crippen LogP contribution in [-0.2, 0) is 0 Å². The number of anilines is 2. The molecule has 0 spiro atoms. The first kappa shape index (κ1) is 17.1. The molecule has 0 bridgehead atoms. The van der Waals surface area contributed by atoms with Crippen LogP contribution in [0.1, 0.15) is 0 Å². The first-order valence-electron chi connectivity index (χ1n) is 7.83. The number of para-hydroxylation sites is 1. The number of rotatable bonds is 3. The zero-order chi connectivity index (χ0) is 19.1. The van der Waals surface area contributed by atoms with Gasteiger partial charge < -0.3 is 9.73 Å². The number of hydrogen-bond donors (Lipinski definition) is 1. The minimum absolute atomic E-state index is 0.231. The predicted octanol–water partition coefficient (Wildman–Crippen LogP) is 6.54. The van der Waals surface area contributed by atoms with Gasteiger partial charge in [0.2, 0.25) is 5.82 Å². The molecule has 0 aliphatic heterocycles. The Morgan fingerprint density at radius 2 is 1.26 bits per heavy atom. The lowest BCUT2D eigenvalue weighted by atomic mass is 10.1. The molecule has 1 heterocycles. The molecule has 0 aliphatic carbocycles. The van der Waals surface area contributed by atoms with E-state index in [1.165, 1.54) is 6.07 Å². The Hall–Kier alpha value is -3.35. The highest BCUT2D eigenvalue weighted by molar-refractivity contribution is 5.86. The molecule has 0 radical (unpaired) electrons. The lowest BCUT2D eigenvalue weighted by molar-refractivity contribution is 0.379. The van der Waals surface area contributed by atoms with Gasteiger partial charge in [-0.15, -0.1) is 0 Å². The summed E-state index contributed by atoms with van der Waals surface area (Å²) in [5.41, 5.74) is 0.574. The highest BCUT2D eigenvalue weighted by atomic mass is 19.2. The Morgan fingerprint density at radius 1 is 0.630 bits per heavy atom. The third kappa shape index (κ3) is 2.91. The van der Waals surface area contributed by atoms with Crippen molar-refractivity contribution in [1.82, 2.24) is 0 Å². The zero-order valence-electron chi connectivity index (χ0n) is 13.5.